The van der Waals surface area contributed by atoms with Gasteiger partial charge in [-0.25, -0.2) is 10.3 Å². The van der Waals surface area contributed by atoms with E-state index in [1.165, 1.54) is 11.3 Å². The van der Waals surface area contributed by atoms with Gasteiger partial charge in [0.15, 0.2) is 4.47 Å². The van der Waals surface area contributed by atoms with E-state index in [0.29, 0.717) is 23.7 Å². The lowest BCUT2D eigenvalue weighted by Gasteiger charge is -2.37. The Labute approximate surface area is 112 Å². The Hall–Kier alpha value is -1.13. The fourth-order valence-electron chi connectivity index (χ4n) is 1.52. The van der Waals surface area contributed by atoms with Crippen LogP contribution in [-0.4, -0.2) is 51.8 Å². The summed E-state index contributed by atoms with van der Waals surface area (Å²) in [5.74, 6) is 0.322. The SMILES string of the molecule is CN1COCN(Cc2cnc(Cl)s2)C1=NN([O-])O. The Balaban J connectivity index is 2.13. The summed E-state index contributed by atoms with van der Waals surface area (Å²) in [6.45, 7) is 1.01. The van der Waals surface area contributed by atoms with Crippen molar-refractivity contribution >= 4 is 28.9 Å². The van der Waals surface area contributed by atoms with Gasteiger partial charge in [0, 0.05) is 18.1 Å². The molecule has 100 valence electrons. The Bertz CT molecular complexity index is 440. The van der Waals surface area contributed by atoms with Gasteiger partial charge in [-0.15, -0.1) is 16.4 Å². The van der Waals surface area contributed by atoms with Crippen molar-refractivity contribution in [2.45, 2.75) is 6.54 Å². The summed E-state index contributed by atoms with van der Waals surface area (Å²) in [5, 5.41) is 22.3. The predicted molar refractivity (Wildman–Crippen MR) is 65.7 cm³/mol. The number of rotatable bonds is 3. The molecule has 0 amide bonds. The molecule has 1 aliphatic heterocycles. The first kappa shape index (κ1) is 13.3. The molecule has 0 aromatic carbocycles. The normalized spacial score (nSPS) is 18.6. The second-order valence-electron chi connectivity index (χ2n) is 3.59. The largest absolute Gasteiger partial charge is 0.716 e. The third-order valence-electron chi connectivity index (χ3n) is 2.20. The van der Waals surface area contributed by atoms with E-state index in [2.05, 4.69) is 10.1 Å². The topological polar surface area (TPSA) is 87.5 Å². The Morgan fingerprint density at radius 2 is 2.50 bits per heavy atom. The van der Waals surface area contributed by atoms with Crippen LogP contribution in [0.2, 0.25) is 4.47 Å². The van der Waals surface area contributed by atoms with Crippen molar-refractivity contribution in [1.82, 2.24) is 20.1 Å². The molecule has 1 aromatic rings. The number of aromatic nitrogens is 1. The number of guanidine groups is 1. The Morgan fingerprint density at radius 3 is 3.11 bits per heavy atom. The van der Waals surface area contributed by atoms with Crippen molar-refractivity contribution in [3.8, 4) is 0 Å². The second kappa shape index (κ2) is 5.67. The highest BCUT2D eigenvalue weighted by Gasteiger charge is 2.22. The van der Waals surface area contributed by atoms with Crippen LogP contribution in [0.25, 0.3) is 0 Å². The molecule has 1 N–H and O–H groups in total. The molecule has 8 nitrogen and oxygen atoms in total. The molecule has 1 aliphatic rings. The summed E-state index contributed by atoms with van der Waals surface area (Å²) in [4.78, 5) is 8.13. The number of halogens is 1. The molecule has 0 radical (unpaired) electrons. The van der Waals surface area contributed by atoms with Gasteiger partial charge in [-0.1, -0.05) is 11.6 Å². The van der Waals surface area contributed by atoms with Crippen molar-refractivity contribution < 1.29 is 9.94 Å². The monoisotopic (exact) mass is 292 g/mol. The highest BCUT2D eigenvalue weighted by molar-refractivity contribution is 7.15. The molecule has 1 fully saturated rings. The molecule has 10 heteroatoms. The number of ether oxygens (including phenoxy) is 1. The number of hydrogen-bond acceptors (Lipinski definition) is 7. The van der Waals surface area contributed by atoms with Crippen LogP contribution in [0.3, 0.4) is 0 Å². The Kier molecular flexibility index (Phi) is 4.19. The van der Waals surface area contributed by atoms with E-state index in [-0.39, 0.29) is 6.73 Å². The summed E-state index contributed by atoms with van der Waals surface area (Å²) in [5.41, 5.74) is 0. The number of hydrazone groups is 1. The quantitative estimate of drug-likeness (QED) is 0.829. The fraction of sp³-hybridized carbons (Fsp3) is 0.500. The first-order valence-electron chi connectivity index (χ1n) is 4.95. The van der Waals surface area contributed by atoms with E-state index >= 15 is 0 Å². The zero-order chi connectivity index (χ0) is 13.1. The van der Waals surface area contributed by atoms with Crippen molar-refractivity contribution in [2.75, 3.05) is 20.5 Å². The van der Waals surface area contributed by atoms with Gasteiger partial charge < -0.3 is 19.7 Å². The predicted octanol–water partition coefficient (Wildman–Crippen LogP) is 0.935. The van der Waals surface area contributed by atoms with E-state index in [1.807, 2.05) is 0 Å². The molecule has 0 bridgehead atoms. The third kappa shape index (κ3) is 3.21. The van der Waals surface area contributed by atoms with Gasteiger partial charge in [-0.3, -0.25) is 5.21 Å². The van der Waals surface area contributed by atoms with Gasteiger partial charge in [0.2, 0.25) is 5.96 Å². The Morgan fingerprint density at radius 1 is 1.72 bits per heavy atom. The summed E-state index contributed by atoms with van der Waals surface area (Å²) < 4.78 is 5.75. The second-order valence-corrected chi connectivity index (χ2v) is 5.29. The molecule has 1 aromatic heterocycles. The third-order valence-corrected chi connectivity index (χ3v) is 3.30. The molecule has 1 saturated heterocycles. The number of thiazole rings is 1. The van der Waals surface area contributed by atoms with E-state index in [0.717, 1.165) is 4.88 Å². The van der Waals surface area contributed by atoms with Crippen LogP contribution >= 0.6 is 22.9 Å². The minimum Gasteiger partial charge on any atom is -0.716 e. The van der Waals surface area contributed by atoms with Crippen molar-refractivity contribution in [3.63, 3.8) is 0 Å². The minimum absolute atomic E-state index is 0.270. The summed E-state index contributed by atoms with van der Waals surface area (Å²) in [6.07, 6.45) is 1.65. The van der Waals surface area contributed by atoms with E-state index < -0.39 is 5.34 Å². The maximum atomic E-state index is 10.6. The molecule has 0 atom stereocenters. The van der Waals surface area contributed by atoms with Gasteiger partial charge in [-0.05, 0) is 0 Å². The van der Waals surface area contributed by atoms with Crippen LogP contribution < -0.4 is 0 Å². The van der Waals surface area contributed by atoms with Crippen molar-refractivity contribution in [3.05, 3.63) is 20.7 Å². The number of nitrogens with zero attached hydrogens (tertiary/aromatic N) is 5. The summed E-state index contributed by atoms with van der Waals surface area (Å²) in [7, 11) is 1.70. The van der Waals surface area contributed by atoms with Gasteiger partial charge in [-0.2, -0.15) is 0 Å². The molecule has 0 saturated carbocycles. The molecular weight excluding hydrogens is 282 g/mol. The zero-order valence-corrected chi connectivity index (χ0v) is 11.1. The van der Waals surface area contributed by atoms with Crippen molar-refractivity contribution in [1.29, 1.82) is 0 Å². The highest BCUT2D eigenvalue weighted by atomic mass is 35.5. The van der Waals surface area contributed by atoms with E-state index in [1.54, 1.807) is 23.0 Å². The molecule has 18 heavy (non-hydrogen) atoms. The van der Waals surface area contributed by atoms with Gasteiger partial charge in [0.1, 0.15) is 13.5 Å². The van der Waals surface area contributed by atoms with Crippen LogP contribution in [0.15, 0.2) is 11.3 Å². The number of hydrogen-bond donors (Lipinski definition) is 1. The van der Waals surface area contributed by atoms with Crippen LogP contribution in [0.4, 0.5) is 0 Å². The smallest absolute Gasteiger partial charge is 0.224 e. The van der Waals surface area contributed by atoms with Gasteiger partial charge in [0.05, 0.1) is 6.54 Å². The molecule has 2 heterocycles. The lowest BCUT2D eigenvalue weighted by Crippen LogP contribution is -2.49. The van der Waals surface area contributed by atoms with Gasteiger partial charge >= 0.3 is 0 Å². The molecular formula is C8H11ClN5O3S-. The lowest BCUT2D eigenvalue weighted by molar-refractivity contribution is -0.0561. The maximum Gasteiger partial charge on any atom is 0.224 e. The average Bonchev–Trinajstić information content (AvgIpc) is 2.69. The van der Waals surface area contributed by atoms with Crippen LogP contribution in [0.1, 0.15) is 4.88 Å². The summed E-state index contributed by atoms with van der Waals surface area (Å²) >= 11 is 7.08. The van der Waals surface area contributed by atoms with E-state index in [4.69, 9.17) is 21.5 Å². The van der Waals surface area contributed by atoms with Crippen LogP contribution in [0, 0.1) is 5.21 Å². The van der Waals surface area contributed by atoms with Crippen molar-refractivity contribution in [2.24, 2.45) is 5.10 Å². The fourth-order valence-corrected chi connectivity index (χ4v) is 2.52. The molecule has 0 spiro atoms. The standard InChI is InChI=1S/C8H11ClN5O3S/c1-12-4-17-5-13(8(12)11-14(15)16)3-6-2-10-7(9)18-6/h2,15H,3-5H2,1H3/q-1. The molecule has 0 aliphatic carbocycles. The lowest BCUT2D eigenvalue weighted by atomic mass is 10.5. The minimum atomic E-state index is -0.468. The highest BCUT2D eigenvalue weighted by Crippen LogP contribution is 2.20. The van der Waals surface area contributed by atoms with Crippen LogP contribution in [-0.2, 0) is 11.3 Å². The summed E-state index contributed by atoms with van der Waals surface area (Å²) in [6, 6.07) is 0. The van der Waals surface area contributed by atoms with Crippen LogP contribution in [0.5, 0.6) is 0 Å². The first-order chi connectivity index (χ1) is 8.56. The van der Waals surface area contributed by atoms with Gasteiger partial charge in [0.25, 0.3) is 0 Å². The maximum absolute atomic E-state index is 10.6. The zero-order valence-electron chi connectivity index (χ0n) is 9.48. The molecule has 2 rings (SSSR count). The average molecular weight is 293 g/mol. The molecule has 0 unspecified atom stereocenters. The first-order valence-corrected chi connectivity index (χ1v) is 6.14. The van der Waals surface area contributed by atoms with E-state index in [9.17, 15) is 5.21 Å².